The molecule has 2 aromatic rings. The van der Waals surface area contributed by atoms with Crippen LogP contribution in [-0.4, -0.2) is 0 Å². The van der Waals surface area contributed by atoms with Crippen LogP contribution in [0.25, 0.3) is 0 Å². The van der Waals surface area contributed by atoms with Gasteiger partial charge in [0.25, 0.3) is 0 Å². The highest BCUT2D eigenvalue weighted by atomic mass is 16.3. The van der Waals surface area contributed by atoms with Crippen LogP contribution in [-0.2, 0) is 17.9 Å². The third kappa shape index (κ3) is 2.59. The van der Waals surface area contributed by atoms with Crippen LogP contribution in [0.5, 0.6) is 5.75 Å². The molecule has 0 spiro atoms. The van der Waals surface area contributed by atoms with Gasteiger partial charge in [0, 0.05) is 0 Å². The van der Waals surface area contributed by atoms with E-state index in [9.17, 15) is 5.11 Å². The van der Waals surface area contributed by atoms with Crippen molar-refractivity contribution >= 4 is 0 Å². The first kappa shape index (κ1) is 9.78. The molecule has 0 aliphatic carbocycles. The Hall–Kier alpha value is -1.76. The number of para-hydroxylation sites is 1. The summed E-state index contributed by atoms with van der Waals surface area (Å²) in [7, 11) is 0. The molecule has 0 bridgehead atoms. The molecule has 0 amide bonds. The van der Waals surface area contributed by atoms with E-state index >= 15 is 0 Å². The maximum atomic E-state index is 11.4. The molecule has 0 atom stereocenters. The zero-order valence-electron chi connectivity index (χ0n) is 8.52. The molecule has 2 rings (SSSR count). The maximum absolute atomic E-state index is 11.4. The summed E-state index contributed by atoms with van der Waals surface area (Å²) in [6.45, 7) is 0. The van der Waals surface area contributed by atoms with Crippen molar-refractivity contribution in [3.05, 3.63) is 65.7 Å². The second-order valence-electron chi connectivity index (χ2n) is 3.59. The van der Waals surface area contributed by atoms with Crippen molar-refractivity contribution in [2.24, 2.45) is 0 Å². The highest BCUT2D eigenvalue weighted by Gasteiger charge is 2.01. The second-order valence-corrected chi connectivity index (χ2v) is 3.59. The zero-order chi connectivity index (χ0) is 10.5. The van der Waals surface area contributed by atoms with Gasteiger partial charge in [0.15, 0.2) is 5.75 Å². The van der Waals surface area contributed by atoms with Gasteiger partial charge in [0.2, 0.25) is 0 Å². The third-order valence-corrected chi connectivity index (χ3v) is 2.50. The number of hydrogen-bond acceptors (Lipinski definition) is 0. The molecular formula is C14H13O. The SMILES string of the molecule is [O]c1ccccc1CCc1ccccc1. The van der Waals surface area contributed by atoms with Crippen LogP contribution in [0.2, 0.25) is 0 Å². The topological polar surface area (TPSA) is 19.9 Å². The second kappa shape index (κ2) is 4.65. The standard InChI is InChI=1S/C14H13O/c15-14-9-5-4-8-13(14)11-10-12-6-2-1-3-7-12/h1-9H,10-11H2. The van der Waals surface area contributed by atoms with Crippen LogP contribution in [0.15, 0.2) is 54.6 Å². The van der Waals surface area contributed by atoms with Gasteiger partial charge in [-0.2, -0.15) is 0 Å². The van der Waals surface area contributed by atoms with Gasteiger partial charge >= 0.3 is 0 Å². The van der Waals surface area contributed by atoms with E-state index in [1.54, 1.807) is 12.1 Å². The lowest BCUT2D eigenvalue weighted by Crippen LogP contribution is -1.90. The molecule has 1 heteroatoms. The number of benzene rings is 2. The number of hydrogen-bond donors (Lipinski definition) is 0. The first-order valence-electron chi connectivity index (χ1n) is 5.15. The van der Waals surface area contributed by atoms with E-state index in [2.05, 4.69) is 12.1 Å². The molecule has 0 aliphatic heterocycles. The summed E-state index contributed by atoms with van der Waals surface area (Å²) in [6, 6.07) is 17.5. The average Bonchev–Trinajstić information content (AvgIpc) is 2.29. The van der Waals surface area contributed by atoms with Gasteiger partial charge in [-0.15, -0.1) is 0 Å². The van der Waals surface area contributed by atoms with Gasteiger partial charge in [-0.1, -0.05) is 48.5 Å². The predicted molar refractivity (Wildman–Crippen MR) is 60.4 cm³/mol. The molecule has 0 heterocycles. The Kier molecular flexibility index (Phi) is 3.03. The van der Waals surface area contributed by atoms with Gasteiger partial charge in [0.05, 0.1) is 0 Å². The molecule has 0 aliphatic rings. The van der Waals surface area contributed by atoms with Crippen molar-refractivity contribution in [3.8, 4) is 5.75 Å². The lowest BCUT2D eigenvalue weighted by atomic mass is 10.0. The number of rotatable bonds is 3. The normalized spacial score (nSPS) is 10.1. The third-order valence-electron chi connectivity index (χ3n) is 2.50. The summed E-state index contributed by atoms with van der Waals surface area (Å²) in [5.74, 6) is 0.147. The molecule has 2 aromatic carbocycles. The zero-order valence-corrected chi connectivity index (χ0v) is 8.52. The van der Waals surface area contributed by atoms with Crippen molar-refractivity contribution < 1.29 is 5.11 Å². The average molecular weight is 197 g/mol. The van der Waals surface area contributed by atoms with Gasteiger partial charge in [-0.3, -0.25) is 5.11 Å². The summed E-state index contributed by atoms with van der Waals surface area (Å²) in [4.78, 5) is 0. The molecule has 0 saturated carbocycles. The van der Waals surface area contributed by atoms with Crippen molar-refractivity contribution in [1.82, 2.24) is 0 Å². The van der Waals surface area contributed by atoms with Crippen molar-refractivity contribution in [2.45, 2.75) is 12.8 Å². The van der Waals surface area contributed by atoms with E-state index in [1.165, 1.54) is 5.56 Å². The fourth-order valence-corrected chi connectivity index (χ4v) is 1.63. The summed E-state index contributed by atoms with van der Waals surface area (Å²) in [5.41, 5.74) is 2.18. The smallest absolute Gasteiger partial charge is 0.181 e. The molecule has 0 saturated heterocycles. The monoisotopic (exact) mass is 197 g/mol. The van der Waals surface area contributed by atoms with Crippen molar-refractivity contribution in [1.29, 1.82) is 0 Å². The minimum absolute atomic E-state index is 0.147. The Morgan fingerprint density at radius 2 is 1.40 bits per heavy atom. The Labute approximate surface area is 90.0 Å². The van der Waals surface area contributed by atoms with E-state index in [0.29, 0.717) is 0 Å². The molecular weight excluding hydrogens is 184 g/mol. The molecule has 0 fully saturated rings. The predicted octanol–water partition coefficient (Wildman–Crippen LogP) is 3.62. The largest absolute Gasteiger partial charge is 0.290 e. The minimum Gasteiger partial charge on any atom is -0.290 e. The van der Waals surface area contributed by atoms with E-state index in [0.717, 1.165) is 18.4 Å². The molecule has 0 unspecified atom stereocenters. The molecule has 0 N–H and O–H groups in total. The molecule has 15 heavy (non-hydrogen) atoms. The van der Waals surface area contributed by atoms with Crippen molar-refractivity contribution in [2.75, 3.05) is 0 Å². The lowest BCUT2D eigenvalue weighted by Gasteiger charge is -2.02. The molecule has 1 nitrogen and oxygen atoms in total. The van der Waals surface area contributed by atoms with Gasteiger partial charge in [-0.05, 0) is 30.0 Å². The first-order chi connectivity index (χ1) is 7.36. The fraction of sp³-hybridized carbons (Fsp3) is 0.143. The Morgan fingerprint density at radius 3 is 2.13 bits per heavy atom. The highest BCUT2D eigenvalue weighted by Crippen LogP contribution is 2.18. The first-order valence-corrected chi connectivity index (χ1v) is 5.15. The molecule has 0 aromatic heterocycles. The Morgan fingerprint density at radius 1 is 0.733 bits per heavy atom. The quantitative estimate of drug-likeness (QED) is 0.716. The Balaban J connectivity index is 2.03. The highest BCUT2D eigenvalue weighted by molar-refractivity contribution is 5.32. The molecule has 1 radical (unpaired) electrons. The van der Waals surface area contributed by atoms with Crippen LogP contribution in [0.4, 0.5) is 0 Å². The lowest BCUT2D eigenvalue weighted by molar-refractivity contribution is 0.350. The van der Waals surface area contributed by atoms with E-state index in [1.807, 2.05) is 30.3 Å². The van der Waals surface area contributed by atoms with Crippen LogP contribution in [0.1, 0.15) is 11.1 Å². The minimum atomic E-state index is 0.147. The van der Waals surface area contributed by atoms with Gasteiger partial charge in [-0.25, -0.2) is 0 Å². The molecule has 75 valence electrons. The summed E-state index contributed by atoms with van der Waals surface area (Å²) in [6.07, 6.45) is 1.75. The van der Waals surface area contributed by atoms with Gasteiger partial charge < -0.3 is 0 Å². The van der Waals surface area contributed by atoms with E-state index in [-0.39, 0.29) is 5.75 Å². The summed E-state index contributed by atoms with van der Waals surface area (Å²) in [5, 5.41) is 11.4. The summed E-state index contributed by atoms with van der Waals surface area (Å²) < 4.78 is 0. The van der Waals surface area contributed by atoms with Crippen LogP contribution >= 0.6 is 0 Å². The van der Waals surface area contributed by atoms with Gasteiger partial charge in [0.1, 0.15) is 0 Å². The van der Waals surface area contributed by atoms with Crippen LogP contribution in [0.3, 0.4) is 0 Å². The fourth-order valence-electron chi connectivity index (χ4n) is 1.63. The van der Waals surface area contributed by atoms with Crippen molar-refractivity contribution in [3.63, 3.8) is 0 Å². The number of aryl methyl sites for hydroxylation is 2. The van der Waals surface area contributed by atoms with Crippen LogP contribution < -0.4 is 0 Å². The van der Waals surface area contributed by atoms with E-state index in [4.69, 9.17) is 0 Å². The van der Waals surface area contributed by atoms with E-state index < -0.39 is 0 Å². The maximum Gasteiger partial charge on any atom is 0.181 e. The Bertz CT molecular complexity index is 420. The summed E-state index contributed by atoms with van der Waals surface area (Å²) >= 11 is 0. The van der Waals surface area contributed by atoms with Crippen LogP contribution in [0, 0.1) is 0 Å².